The third-order valence-corrected chi connectivity index (χ3v) is 12.5. The Labute approximate surface area is 345 Å². The van der Waals surface area contributed by atoms with Gasteiger partial charge in [0.15, 0.2) is 5.69 Å². The van der Waals surface area contributed by atoms with Gasteiger partial charge in [0.2, 0.25) is 11.8 Å². The number of hydrazine groups is 1. The van der Waals surface area contributed by atoms with Crippen molar-refractivity contribution in [3.8, 4) is 11.5 Å². The predicted molar refractivity (Wildman–Crippen MR) is 215 cm³/mol. The highest BCUT2D eigenvalue weighted by molar-refractivity contribution is 6.36. The fraction of sp³-hybridized carbons (Fsp3) is 0.268. The van der Waals surface area contributed by atoms with Crippen LogP contribution in [0.1, 0.15) is 29.9 Å². The maximum Gasteiger partial charge on any atom is 0.301 e. The van der Waals surface area contributed by atoms with Gasteiger partial charge in [-0.25, -0.2) is 4.90 Å². The van der Waals surface area contributed by atoms with Gasteiger partial charge in [0.1, 0.15) is 11.5 Å². The first-order valence-electron chi connectivity index (χ1n) is 18.4. The Morgan fingerprint density at radius 2 is 1.51 bits per heavy atom. The molecule has 302 valence electrons. The number of ether oxygens (including phenoxy) is 1. The second-order valence-electron chi connectivity index (χ2n) is 15.1. The van der Waals surface area contributed by atoms with Gasteiger partial charge in [-0.2, -0.15) is 5.01 Å². The molecule has 0 aromatic heterocycles. The summed E-state index contributed by atoms with van der Waals surface area (Å²) in [6.07, 6.45) is 1.74. The SMILES string of the molecule is COc1ccc([C@@]23C(=O)N(Nc4ccc(Cl)cc4Cl)C(=O)[C@@H]2C[C@@H]2C(=CC[C@@H]4C(=O)N(c5cc([N+](=O)[O-])c(N(C)C)c([N+](=O)[O-])c5)C(=O)[C@@H]42)[C@@H]3c2ccc(O)cc2)cc1. The summed E-state index contributed by atoms with van der Waals surface area (Å²) in [6, 6.07) is 19.4. The largest absolute Gasteiger partial charge is 0.508 e. The number of benzene rings is 4. The van der Waals surface area contributed by atoms with Gasteiger partial charge in [-0.05, 0) is 72.4 Å². The van der Waals surface area contributed by atoms with Crippen molar-refractivity contribution in [2.75, 3.05) is 36.4 Å². The first-order valence-corrected chi connectivity index (χ1v) is 19.1. The number of hydrogen-bond acceptors (Lipinski definition) is 12. The van der Waals surface area contributed by atoms with Crippen molar-refractivity contribution in [2.24, 2.45) is 23.7 Å². The number of nitrogens with one attached hydrogen (secondary N) is 1. The molecule has 2 N–H and O–H groups in total. The first-order chi connectivity index (χ1) is 28.1. The second-order valence-corrected chi connectivity index (χ2v) is 15.9. The average molecular weight is 842 g/mol. The number of hydrogen-bond donors (Lipinski definition) is 2. The number of amides is 4. The molecular formula is C41H34Cl2N6O10. The number of nitro benzene ring substituents is 2. The van der Waals surface area contributed by atoms with Crippen molar-refractivity contribution >= 4 is 75.3 Å². The molecular weight excluding hydrogens is 807 g/mol. The number of phenols is 1. The predicted octanol–water partition coefficient (Wildman–Crippen LogP) is 6.78. The van der Waals surface area contributed by atoms with Crippen LogP contribution < -0.4 is 20.0 Å². The summed E-state index contributed by atoms with van der Waals surface area (Å²) in [6.45, 7) is 0. The number of phenolic OH excluding ortho intramolecular Hbond substituents is 1. The lowest BCUT2D eigenvalue weighted by Crippen LogP contribution is -2.53. The summed E-state index contributed by atoms with van der Waals surface area (Å²) in [5.74, 6) is -7.32. The summed E-state index contributed by atoms with van der Waals surface area (Å²) < 4.78 is 5.43. The first kappa shape index (κ1) is 39.3. The molecule has 0 bridgehead atoms. The molecule has 6 atom stereocenters. The Morgan fingerprint density at radius 1 is 0.864 bits per heavy atom. The third kappa shape index (κ3) is 5.96. The van der Waals surface area contributed by atoms with Gasteiger partial charge in [0.25, 0.3) is 11.8 Å². The number of halogens is 2. The highest BCUT2D eigenvalue weighted by Crippen LogP contribution is 2.64. The van der Waals surface area contributed by atoms with Crippen LogP contribution >= 0.6 is 23.2 Å². The van der Waals surface area contributed by atoms with Crippen LogP contribution in [0.2, 0.25) is 10.0 Å². The van der Waals surface area contributed by atoms with Crippen LogP contribution in [0.25, 0.3) is 0 Å². The minimum atomic E-state index is -1.66. The number of carbonyl (C=O) groups excluding carboxylic acids is 4. The monoisotopic (exact) mass is 840 g/mol. The summed E-state index contributed by atoms with van der Waals surface area (Å²) in [7, 11) is 4.29. The molecule has 2 aliphatic heterocycles. The zero-order valence-corrected chi connectivity index (χ0v) is 33.0. The second kappa shape index (κ2) is 14.4. The molecule has 2 saturated heterocycles. The number of rotatable bonds is 9. The normalized spacial score (nSPS) is 24.6. The van der Waals surface area contributed by atoms with E-state index in [1.165, 1.54) is 56.4 Å². The lowest BCUT2D eigenvalue weighted by Gasteiger charge is -2.50. The summed E-state index contributed by atoms with van der Waals surface area (Å²) >= 11 is 12.7. The number of methoxy groups -OCH3 is 1. The fourth-order valence-corrected chi connectivity index (χ4v) is 10.0. The molecule has 2 aliphatic carbocycles. The number of fused-ring (bicyclic) bond motifs is 4. The van der Waals surface area contributed by atoms with Crippen molar-refractivity contribution in [3.05, 3.63) is 132 Å². The number of imide groups is 2. The zero-order chi connectivity index (χ0) is 42.2. The molecule has 2 heterocycles. The Balaban J connectivity index is 1.30. The molecule has 0 radical (unpaired) electrons. The molecule has 4 aromatic rings. The van der Waals surface area contributed by atoms with Crippen LogP contribution in [-0.2, 0) is 24.6 Å². The molecule has 18 heteroatoms. The summed E-state index contributed by atoms with van der Waals surface area (Å²) in [5.41, 5.74) is 1.08. The Bertz CT molecular complexity index is 2500. The van der Waals surface area contributed by atoms with Crippen LogP contribution in [0, 0.1) is 43.9 Å². The van der Waals surface area contributed by atoms with E-state index in [1.54, 1.807) is 36.4 Å². The maximum atomic E-state index is 15.4. The van der Waals surface area contributed by atoms with Gasteiger partial charge >= 0.3 is 11.4 Å². The van der Waals surface area contributed by atoms with Crippen LogP contribution in [0.5, 0.6) is 11.5 Å². The molecule has 4 aliphatic rings. The standard InChI is InChI=1S/C41H34Cl2N6O10/c1-45(2)36-32(48(55)56)17-23(18-33(36)49(57)58)46-37(51)27-14-13-26-28(34(27)39(46)53)19-29-38(52)47(44-31-15-8-22(42)16-30(31)43)40(54)41(29,21-6-11-25(59-3)12-7-21)35(26)20-4-9-24(50)10-5-20/h4-13,15-18,27-29,34-35,44,50H,14,19H2,1-3H3/t27-,28+,29-,34-,35-,41+/m0/s1. The third-order valence-electron chi connectivity index (χ3n) is 12.0. The number of aromatic hydroxyl groups is 1. The number of anilines is 3. The van der Waals surface area contributed by atoms with E-state index in [0.717, 1.165) is 22.0 Å². The highest BCUT2D eigenvalue weighted by atomic mass is 35.5. The molecule has 8 rings (SSSR count). The fourth-order valence-electron chi connectivity index (χ4n) is 9.60. The van der Waals surface area contributed by atoms with E-state index >= 15 is 4.79 Å². The zero-order valence-electron chi connectivity index (χ0n) is 31.5. The smallest absolute Gasteiger partial charge is 0.301 e. The van der Waals surface area contributed by atoms with Gasteiger partial charge < -0.3 is 14.7 Å². The number of nitro groups is 2. The summed E-state index contributed by atoms with van der Waals surface area (Å²) in [5, 5.41) is 36.2. The Kier molecular flexibility index (Phi) is 9.59. The molecule has 4 aromatic carbocycles. The number of nitrogens with zero attached hydrogens (tertiary/aromatic N) is 5. The quantitative estimate of drug-likeness (QED) is 0.0775. The number of carbonyl (C=O) groups is 4. The molecule has 4 amide bonds. The molecule has 0 unspecified atom stereocenters. The van der Waals surface area contributed by atoms with Crippen molar-refractivity contribution in [2.45, 2.75) is 24.2 Å². The molecule has 1 saturated carbocycles. The van der Waals surface area contributed by atoms with E-state index in [2.05, 4.69) is 5.43 Å². The number of allylic oxidation sites excluding steroid dienone is 2. The van der Waals surface area contributed by atoms with Gasteiger partial charge in [-0.1, -0.05) is 59.1 Å². The topological polar surface area (TPSA) is 206 Å². The maximum absolute atomic E-state index is 15.4. The van der Waals surface area contributed by atoms with E-state index in [9.17, 15) is 39.7 Å². The van der Waals surface area contributed by atoms with Gasteiger partial charge in [0, 0.05) is 37.2 Å². The molecule has 0 spiro atoms. The van der Waals surface area contributed by atoms with E-state index in [1.807, 2.05) is 6.08 Å². The van der Waals surface area contributed by atoms with Crippen LogP contribution in [0.15, 0.2) is 90.5 Å². The van der Waals surface area contributed by atoms with Gasteiger partial charge in [-0.15, -0.1) is 0 Å². The van der Waals surface area contributed by atoms with E-state index < -0.39 is 79.9 Å². The van der Waals surface area contributed by atoms with Crippen molar-refractivity contribution < 1.29 is 38.9 Å². The molecule has 59 heavy (non-hydrogen) atoms. The average Bonchev–Trinajstić information content (AvgIpc) is 3.59. The Hall–Kier alpha value is -6.52. The van der Waals surface area contributed by atoms with Crippen molar-refractivity contribution in [1.29, 1.82) is 0 Å². The lowest BCUT2D eigenvalue weighted by molar-refractivity contribution is -0.392. The van der Waals surface area contributed by atoms with Crippen molar-refractivity contribution in [1.82, 2.24) is 5.01 Å². The van der Waals surface area contributed by atoms with Crippen LogP contribution in [0.4, 0.5) is 28.4 Å². The van der Waals surface area contributed by atoms with E-state index in [4.69, 9.17) is 27.9 Å². The lowest BCUT2D eigenvalue weighted by atomic mass is 9.49. The highest BCUT2D eigenvalue weighted by Gasteiger charge is 2.70. The van der Waals surface area contributed by atoms with E-state index in [0.29, 0.717) is 27.5 Å². The van der Waals surface area contributed by atoms with Gasteiger partial charge in [0.05, 0.1) is 56.5 Å². The van der Waals surface area contributed by atoms with Crippen LogP contribution in [-0.4, -0.2) is 64.8 Å². The van der Waals surface area contributed by atoms with Gasteiger partial charge in [-0.3, -0.25) is 44.8 Å². The molecule has 3 fully saturated rings. The molecule has 16 nitrogen and oxygen atoms in total. The van der Waals surface area contributed by atoms with Crippen LogP contribution in [0.3, 0.4) is 0 Å². The minimum absolute atomic E-state index is 0.0139. The van der Waals surface area contributed by atoms with E-state index in [-0.39, 0.29) is 40.7 Å². The van der Waals surface area contributed by atoms with Crippen molar-refractivity contribution in [3.63, 3.8) is 0 Å². The Morgan fingerprint density at radius 3 is 2.08 bits per heavy atom. The summed E-state index contributed by atoms with van der Waals surface area (Å²) in [4.78, 5) is 84.3. The minimum Gasteiger partial charge on any atom is -0.508 e.